The smallest absolute Gasteiger partial charge is 0.0872 e. The van der Waals surface area contributed by atoms with Crippen LogP contribution in [-0.2, 0) is 12.8 Å². The lowest BCUT2D eigenvalue weighted by Gasteiger charge is -2.29. The molecule has 1 aliphatic rings. The van der Waals surface area contributed by atoms with Gasteiger partial charge in [-0.15, -0.1) is 0 Å². The fraction of sp³-hybridized carbons (Fsp3) is 0.429. The van der Waals surface area contributed by atoms with Gasteiger partial charge in [-0.1, -0.05) is 36.4 Å². The lowest BCUT2D eigenvalue weighted by Crippen LogP contribution is -2.34. The van der Waals surface area contributed by atoms with E-state index < -0.39 is 0 Å². The van der Waals surface area contributed by atoms with Crippen molar-refractivity contribution in [1.82, 2.24) is 9.88 Å². The zero-order valence-corrected chi connectivity index (χ0v) is 14.8. The highest BCUT2D eigenvalue weighted by molar-refractivity contribution is 5.99. The van der Waals surface area contributed by atoms with E-state index in [-0.39, 0.29) is 0 Å². The lowest BCUT2D eigenvalue weighted by atomic mass is 9.88. The summed E-state index contributed by atoms with van der Waals surface area (Å²) in [5, 5.41) is 8.70. The van der Waals surface area contributed by atoms with Crippen molar-refractivity contribution < 1.29 is 0 Å². The molecule has 2 aromatic rings. The van der Waals surface area contributed by atoms with Crippen molar-refractivity contribution in [3.63, 3.8) is 0 Å². The quantitative estimate of drug-likeness (QED) is 0.849. The second-order valence-corrected chi connectivity index (χ2v) is 7.00. The molecule has 1 aliphatic heterocycles. The summed E-state index contributed by atoms with van der Waals surface area (Å²) >= 11 is 0. The van der Waals surface area contributed by atoms with E-state index in [4.69, 9.17) is 5.41 Å². The topological polar surface area (TPSA) is 40.0 Å². The maximum atomic E-state index is 8.70. The van der Waals surface area contributed by atoms with Gasteiger partial charge >= 0.3 is 0 Å². The van der Waals surface area contributed by atoms with E-state index >= 15 is 0 Å². The minimum Gasteiger partial charge on any atom is -0.306 e. The van der Waals surface area contributed by atoms with E-state index in [0.29, 0.717) is 5.92 Å². The van der Waals surface area contributed by atoms with Gasteiger partial charge in [0.15, 0.2) is 0 Å². The van der Waals surface area contributed by atoms with Crippen molar-refractivity contribution >= 4 is 5.71 Å². The fourth-order valence-corrected chi connectivity index (χ4v) is 3.48. The number of hydrogen-bond acceptors (Lipinski definition) is 3. The summed E-state index contributed by atoms with van der Waals surface area (Å²) in [6, 6.07) is 12.8. The van der Waals surface area contributed by atoms with Crippen LogP contribution in [0.3, 0.4) is 0 Å². The highest BCUT2D eigenvalue weighted by Gasteiger charge is 2.24. The summed E-state index contributed by atoms with van der Waals surface area (Å²) in [6.07, 6.45) is 6.00. The fourth-order valence-electron chi connectivity index (χ4n) is 3.48. The Morgan fingerprint density at radius 1 is 1.17 bits per heavy atom. The molecular weight excluding hydrogens is 294 g/mol. The number of nitrogens with one attached hydrogen (secondary N) is 1. The maximum absolute atomic E-state index is 8.70. The second-order valence-electron chi connectivity index (χ2n) is 7.00. The van der Waals surface area contributed by atoms with Crippen LogP contribution in [0, 0.1) is 18.3 Å². The molecule has 1 fully saturated rings. The van der Waals surface area contributed by atoms with Gasteiger partial charge < -0.3 is 10.3 Å². The third-order valence-electron chi connectivity index (χ3n) is 5.01. The molecule has 0 aliphatic carbocycles. The summed E-state index contributed by atoms with van der Waals surface area (Å²) in [6.45, 7) is 4.25. The zero-order chi connectivity index (χ0) is 16.9. The monoisotopic (exact) mass is 321 g/mol. The second kappa shape index (κ2) is 7.71. The van der Waals surface area contributed by atoms with Gasteiger partial charge in [0.25, 0.3) is 0 Å². The van der Waals surface area contributed by atoms with Gasteiger partial charge in [0, 0.05) is 12.1 Å². The number of aromatic nitrogens is 1. The van der Waals surface area contributed by atoms with Crippen molar-refractivity contribution in [3.8, 4) is 0 Å². The molecule has 24 heavy (non-hydrogen) atoms. The van der Waals surface area contributed by atoms with Crippen LogP contribution in [0.15, 0.2) is 42.6 Å². The minimum atomic E-state index is 0.354. The highest BCUT2D eigenvalue weighted by Crippen LogP contribution is 2.23. The average molecular weight is 321 g/mol. The Morgan fingerprint density at radius 2 is 1.88 bits per heavy atom. The predicted molar refractivity (Wildman–Crippen MR) is 99.9 cm³/mol. The third-order valence-corrected chi connectivity index (χ3v) is 5.01. The standard InChI is InChI=1S/C21H27N3/c1-16-14-19(9-8-17-6-4-3-5-7-17)21(23-15-16)20(22)18-10-12-24(2)13-11-18/h3-7,14-15,18,22H,8-13H2,1-2H3. The molecule has 0 bridgehead atoms. The molecule has 1 aromatic heterocycles. The Hall–Kier alpha value is -2.00. The highest BCUT2D eigenvalue weighted by atomic mass is 15.1. The molecule has 3 heteroatoms. The minimum absolute atomic E-state index is 0.354. The first-order valence-electron chi connectivity index (χ1n) is 8.90. The molecule has 126 valence electrons. The van der Waals surface area contributed by atoms with Crippen molar-refractivity contribution in [2.45, 2.75) is 32.6 Å². The van der Waals surface area contributed by atoms with E-state index in [0.717, 1.165) is 50.2 Å². The van der Waals surface area contributed by atoms with Crippen LogP contribution in [0.25, 0.3) is 0 Å². The Kier molecular flexibility index (Phi) is 5.41. The number of likely N-dealkylation sites (tertiary alicyclic amines) is 1. The van der Waals surface area contributed by atoms with Crippen LogP contribution in [0.4, 0.5) is 0 Å². The van der Waals surface area contributed by atoms with Crippen molar-refractivity contribution in [1.29, 1.82) is 5.41 Å². The molecule has 0 unspecified atom stereocenters. The predicted octanol–water partition coefficient (Wildman–Crippen LogP) is 3.88. The summed E-state index contributed by atoms with van der Waals surface area (Å²) < 4.78 is 0. The van der Waals surface area contributed by atoms with E-state index in [1.165, 1.54) is 16.7 Å². The van der Waals surface area contributed by atoms with E-state index in [9.17, 15) is 0 Å². The Labute approximate surface area is 145 Å². The lowest BCUT2D eigenvalue weighted by molar-refractivity contribution is 0.252. The van der Waals surface area contributed by atoms with Crippen LogP contribution in [0.5, 0.6) is 0 Å². The number of benzene rings is 1. The van der Waals surface area contributed by atoms with Gasteiger partial charge in [-0.2, -0.15) is 0 Å². The van der Waals surface area contributed by atoms with Gasteiger partial charge in [-0.3, -0.25) is 4.98 Å². The number of rotatable bonds is 5. The molecule has 3 nitrogen and oxygen atoms in total. The van der Waals surface area contributed by atoms with E-state index in [1.54, 1.807) is 0 Å². The number of nitrogens with zero attached hydrogens (tertiary/aromatic N) is 2. The molecule has 1 aromatic carbocycles. The molecule has 2 heterocycles. The average Bonchev–Trinajstić information content (AvgIpc) is 2.61. The van der Waals surface area contributed by atoms with Gasteiger partial charge in [0.2, 0.25) is 0 Å². The van der Waals surface area contributed by atoms with Crippen molar-refractivity contribution in [2.24, 2.45) is 5.92 Å². The van der Waals surface area contributed by atoms with Crippen LogP contribution in [0.1, 0.15) is 35.2 Å². The number of piperidine rings is 1. The Morgan fingerprint density at radius 3 is 2.58 bits per heavy atom. The van der Waals surface area contributed by atoms with Crippen LogP contribution < -0.4 is 0 Å². The zero-order valence-electron chi connectivity index (χ0n) is 14.8. The van der Waals surface area contributed by atoms with Crippen LogP contribution >= 0.6 is 0 Å². The first kappa shape index (κ1) is 16.8. The van der Waals surface area contributed by atoms with Crippen LogP contribution in [0.2, 0.25) is 0 Å². The van der Waals surface area contributed by atoms with Crippen molar-refractivity contribution in [3.05, 3.63) is 65.0 Å². The summed E-state index contributed by atoms with van der Waals surface area (Å²) in [7, 11) is 2.16. The number of aryl methyl sites for hydroxylation is 3. The largest absolute Gasteiger partial charge is 0.306 e. The molecule has 0 radical (unpaired) electrons. The first-order valence-corrected chi connectivity index (χ1v) is 8.90. The van der Waals surface area contributed by atoms with Gasteiger partial charge in [-0.25, -0.2) is 0 Å². The number of hydrogen-bond donors (Lipinski definition) is 1. The molecule has 0 saturated carbocycles. The van der Waals surface area contributed by atoms with Crippen molar-refractivity contribution in [2.75, 3.05) is 20.1 Å². The Balaban J connectivity index is 1.76. The molecule has 1 saturated heterocycles. The van der Waals surface area contributed by atoms with E-state index in [1.807, 2.05) is 6.20 Å². The molecular formula is C21H27N3. The third kappa shape index (κ3) is 4.09. The summed E-state index contributed by atoms with van der Waals surface area (Å²) in [4.78, 5) is 7.00. The molecule has 0 amide bonds. The van der Waals surface area contributed by atoms with Gasteiger partial charge in [0.05, 0.1) is 11.4 Å². The number of pyridine rings is 1. The first-order chi connectivity index (χ1) is 11.6. The molecule has 1 N–H and O–H groups in total. The molecule has 3 rings (SSSR count). The summed E-state index contributed by atoms with van der Waals surface area (Å²) in [5.74, 6) is 0.354. The van der Waals surface area contributed by atoms with E-state index in [2.05, 4.69) is 60.3 Å². The SMILES string of the molecule is Cc1cnc(C(=N)C2CCN(C)CC2)c(CCc2ccccc2)c1. The Bertz CT molecular complexity index is 685. The summed E-state index contributed by atoms with van der Waals surface area (Å²) in [5.41, 5.74) is 5.41. The molecule has 0 spiro atoms. The van der Waals surface area contributed by atoms with Gasteiger partial charge in [0.1, 0.15) is 0 Å². The maximum Gasteiger partial charge on any atom is 0.0872 e. The van der Waals surface area contributed by atoms with Crippen LogP contribution in [-0.4, -0.2) is 35.7 Å². The normalized spacial score (nSPS) is 16.2. The van der Waals surface area contributed by atoms with Gasteiger partial charge in [-0.05, 0) is 69.4 Å². The molecule has 0 atom stereocenters.